The summed E-state index contributed by atoms with van der Waals surface area (Å²) in [6.45, 7) is 2.50. The monoisotopic (exact) mass is 390 g/mol. The minimum Gasteiger partial charge on any atom is -0.363 e. The van der Waals surface area contributed by atoms with E-state index in [-0.39, 0.29) is 5.56 Å². The van der Waals surface area contributed by atoms with Crippen molar-refractivity contribution in [3.05, 3.63) is 75.8 Å². The van der Waals surface area contributed by atoms with Crippen LogP contribution < -0.4 is 10.9 Å². The lowest BCUT2D eigenvalue weighted by atomic mass is 10.2. The van der Waals surface area contributed by atoms with Gasteiger partial charge in [0.25, 0.3) is 5.56 Å². The van der Waals surface area contributed by atoms with Gasteiger partial charge in [-0.25, -0.2) is 9.97 Å². The van der Waals surface area contributed by atoms with E-state index in [0.29, 0.717) is 24.6 Å². The number of aromatic nitrogens is 5. The molecule has 4 aromatic rings. The summed E-state index contributed by atoms with van der Waals surface area (Å²) < 4.78 is 0. The molecule has 0 atom stereocenters. The van der Waals surface area contributed by atoms with Crippen LogP contribution in [0.5, 0.6) is 0 Å². The SMILES string of the molecule is CCc1cc(=O)[nH]c(-c2ccc(NCc3nnc(-c4ccccc4)s3)nc2)n1. The number of aromatic amines is 1. The number of pyridine rings is 1. The van der Waals surface area contributed by atoms with Gasteiger partial charge in [-0.15, -0.1) is 10.2 Å². The zero-order chi connectivity index (χ0) is 19.3. The first-order valence-corrected chi connectivity index (χ1v) is 9.71. The van der Waals surface area contributed by atoms with Crippen LogP contribution in [-0.2, 0) is 13.0 Å². The molecule has 0 unspecified atom stereocenters. The summed E-state index contributed by atoms with van der Waals surface area (Å²) in [7, 11) is 0. The molecule has 0 spiro atoms. The van der Waals surface area contributed by atoms with Crippen LogP contribution in [0.1, 0.15) is 17.6 Å². The summed E-state index contributed by atoms with van der Waals surface area (Å²) in [4.78, 5) is 23.3. The van der Waals surface area contributed by atoms with Crippen molar-refractivity contribution in [1.82, 2.24) is 25.1 Å². The summed E-state index contributed by atoms with van der Waals surface area (Å²) >= 11 is 1.55. The maximum Gasteiger partial charge on any atom is 0.251 e. The third-order valence-corrected chi connectivity index (χ3v) is 5.07. The molecule has 0 saturated carbocycles. The average Bonchev–Trinajstić information content (AvgIpc) is 3.22. The molecule has 8 heteroatoms. The molecule has 1 aromatic carbocycles. The molecule has 0 fully saturated rings. The second kappa shape index (κ2) is 8.10. The van der Waals surface area contributed by atoms with E-state index >= 15 is 0 Å². The van der Waals surface area contributed by atoms with E-state index in [4.69, 9.17) is 0 Å². The molecule has 28 heavy (non-hydrogen) atoms. The molecule has 0 amide bonds. The van der Waals surface area contributed by atoms with E-state index in [2.05, 4.69) is 30.5 Å². The van der Waals surface area contributed by atoms with Crippen LogP contribution in [0.3, 0.4) is 0 Å². The van der Waals surface area contributed by atoms with Gasteiger partial charge in [-0.2, -0.15) is 0 Å². The Morgan fingerprint density at radius 3 is 2.68 bits per heavy atom. The lowest BCUT2D eigenvalue weighted by Gasteiger charge is -2.05. The number of H-pyrrole nitrogens is 1. The molecule has 7 nitrogen and oxygen atoms in total. The highest BCUT2D eigenvalue weighted by molar-refractivity contribution is 7.14. The van der Waals surface area contributed by atoms with Crippen LogP contribution in [0.2, 0.25) is 0 Å². The molecule has 3 heterocycles. The van der Waals surface area contributed by atoms with Gasteiger partial charge in [0.05, 0.1) is 6.54 Å². The van der Waals surface area contributed by atoms with E-state index in [1.54, 1.807) is 17.5 Å². The van der Waals surface area contributed by atoms with E-state index in [0.717, 1.165) is 26.8 Å². The fourth-order valence-corrected chi connectivity index (χ4v) is 3.44. The molecular formula is C20H18N6OS. The second-order valence-corrected chi connectivity index (χ2v) is 7.15. The molecule has 4 rings (SSSR count). The van der Waals surface area contributed by atoms with Crippen LogP contribution in [0, 0.1) is 0 Å². The van der Waals surface area contributed by atoms with Crippen molar-refractivity contribution in [1.29, 1.82) is 0 Å². The molecule has 140 valence electrons. The number of aryl methyl sites for hydroxylation is 1. The van der Waals surface area contributed by atoms with Crippen LogP contribution in [0.4, 0.5) is 5.82 Å². The Bertz CT molecular complexity index is 1120. The first kappa shape index (κ1) is 18.0. The number of anilines is 1. The van der Waals surface area contributed by atoms with Crippen molar-refractivity contribution in [2.24, 2.45) is 0 Å². The Kier molecular flexibility index (Phi) is 5.20. The first-order valence-electron chi connectivity index (χ1n) is 8.89. The zero-order valence-corrected chi connectivity index (χ0v) is 16.0. The summed E-state index contributed by atoms with van der Waals surface area (Å²) in [6, 6.07) is 15.2. The maximum atomic E-state index is 11.7. The maximum absolute atomic E-state index is 11.7. The van der Waals surface area contributed by atoms with Gasteiger partial charge in [-0.1, -0.05) is 48.6 Å². The highest BCUT2D eigenvalue weighted by atomic mass is 32.1. The molecule has 2 N–H and O–H groups in total. The van der Waals surface area contributed by atoms with Gasteiger partial charge in [-0.3, -0.25) is 4.79 Å². The standard InChI is InChI=1S/C20H18N6OS/c1-2-15-10-17(27)24-19(23-15)14-8-9-16(21-11-14)22-12-18-25-26-20(28-18)13-6-4-3-5-7-13/h3-11H,2,12H2,1H3,(H,21,22)(H,23,24,27). The van der Waals surface area contributed by atoms with Crippen molar-refractivity contribution in [2.75, 3.05) is 5.32 Å². The largest absolute Gasteiger partial charge is 0.363 e. The summed E-state index contributed by atoms with van der Waals surface area (Å²) in [5.41, 5.74) is 2.42. The lowest BCUT2D eigenvalue weighted by molar-refractivity contribution is 0.980. The van der Waals surface area contributed by atoms with Gasteiger partial charge in [0.2, 0.25) is 0 Å². The van der Waals surface area contributed by atoms with Gasteiger partial charge in [0.15, 0.2) is 0 Å². The number of nitrogens with one attached hydrogen (secondary N) is 2. The molecule has 0 aliphatic rings. The van der Waals surface area contributed by atoms with E-state index in [9.17, 15) is 4.79 Å². The fraction of sp³-hybridized carbons (Fsp3) is 0.150. The van der Waals surface area contributed by atoms with Gasteiger partial charge >= 0.3 is 0 Å². The van der Waals surface area contributed by atoms with Crippen molar-refractivity contribution >= 4 is 17.2 Å². The van der Waals surface area contributed by atoms with E-state index < -0.39 is 0 Å². The highest BCUT2D eigenvalue weighted by Gasteiger charge is 2.07. The Labute approximate surface area is 165 Å². The molecule has 0 bridgehead atoms. The Hall–Kier alpha value is -3.39. The van der Waals surface area contributed by atoms with Gasteiger partial charge in [0.1, 0.15) is 21.7 Å². The topological polar surface area (TPSA) is 96.5 Å². The van der Waals surface area contributed by atoms with Gasteiger partial charge in [0, 0.05) is 29.1 Å². The molecular weight excluding hydrogens is 372 g/mol. The van der Waals surface area contributed by atoms with Gasteiger partial charge < -0.3 is 10.3 Å². The summed E-state index contributed by atoms with van der Waals surface area (Å²) in [5.74, 6) is 1.24. The predicted molar refractivity (Wildman–Crippen MR) is 110 cm³/mol. The van der Waals surface area contributed by atoms with E-state index in [1.807, 2.05) is 49.4 Å². The minimum absolute atomic E-state index is 0.158. The third kappa shape index (κ3) is 4.12. The van der Waals surface area contributed by atoms with Crippen molar-refractivity contribution in [3.8, 4) is 22.0 Å². The Balaban J connectivity index is 1.44. The van der Waals surface area contributed by atoms with Crippen LogP contribution in [0.25, 0.3) is 22.0 Å². The van der Waals surface area contributed by atoms with Crippen LogP contribution >= 0.6 is 11.3 Å². The Morgan fingerprint density at radius 1 is 1.07 bits per heavy atom. The number of rotatable bonds is 6. The summed E-state index contributed by atoms with van der Waals surface area (Å²) in [6.07, 6.45) is 2.40. The first-order chi connectivity index (χ1) is 13.7. The third-order valence-electron chi connectivity index (χ3n) is 4.10. The smallest absolute Gasteiger partial charge is 0.251 e. The minimum atomic E-state index is -0.158. The number of hydrogen-bond donors (Lipinski definition) is 2. The quantitative estimate of drug-likeness (QED) is 0.523. The highest BCUT2D eigenvalue weighted by Crippen LogP contribution is 2.23. The van der Waals surface area contributed by atoms with Gasteiger partial charge in [-0.05, 0) is 18.6 Å². The average molecular weight is 390 g/mol. The molecule has 0 radical (unpaired) electrons. The van der Waals surface area contributed by atoms with E-state index in [1.165, 1.54) is 6.07 Å². The van der Waals surface area contributed by atoms with Crippen molar-refractivity contribution in [2.45, 2.75) is 19.9 Å². The predicted octanol–water partition coefficient (Wildman–Crippen LogP) is 3.52. The fourth-order valence-electron chi connectivity index (χ4n) is 2.65. The lowest BCUT2D eigenvalue weighted by Crippen LogP contribution is -2.10. The molecule has 0 aliphatic heterocycles. The molecule has 3 aromatic heterocycles. The van der Waals surface area contributed by atoms with Crippen molar-refractivity contribution in [3.63, 3.8) is 0 Å². The van der Waals surface area contributed by atoms with Crippen molar-refractivity contribution < 1.29 is 0 Å². The summed E-state index contributed by atoms with van der Waals surface area (Å²) in [5, 5.41) is 13.5. The molecule has 0 saturated heterocycles. The number of benzene rings is 1. The van der Waals surface area contributed by atoms with Crippen LogP contribution in [0.15, 0.2) is 59.5 Å². The Morgan fingerprint density at radius 2 is 1.93 bits per heavy atom. The number of nitrogens with zero attached hydrogens (tertiary/aromatic N) is 4. The zero-order valence-electron chi connectivity index (χ0n) is 15.2. The van der Waals surface area contributed by atoms with Crippen LogP contribution in [-0.4, -0.2) is 25.1 Å². The normalized spacial score (nSPS) is 10.8. The molecule has 0 aliphatic carbocycles. The number of hydrogen-bond acceptors (Lipinski definition) is 7. The second-order valence-electron chi connectivity index (χ2n) is 6.09.